The number of nitrogens with two attached hydrogens (primary N) is 1. The summed E-state index contributed by atoms with van der Waals surface area (Å²) in [6, 6.07) is 13.2. The summed E-state index contributed by atoms with van der Waals surface area (Å²) in [7, 11) is 0. The van der Waals surface area contributed by atoms with E-state index in [1.54, 1.807) is 18.2 Å². The number of nitrogens with one attached hydrogen (secondary N) is 1. The van der Waals surface area contributed by atoms with Crippen LogP contribution in [0.2, 0.25) is 5.02 Å². The zero-order chi connectivity index (χ0) is 15.4. The minimum absolute atomic E-state index is 0.258. The first-order valence-electron chi connectivity index (χ1n) is 6.90. The fraction of sp³-hybridized carbons (Fsp3) is 0.235. The molecule has 0 aromatic heterocycles. The van der Waals surface area contributed by atoms with Crippen molar-refractivity contribution in [1.82, 2.24) is 5.32 Å². The summed E-state index contributed by atoms with van der Waals surface area (Å²) < 4.78 is 0. The SMILES string of the molecule is CC(C)c1ccc(CNC(=O)c2c(N)cccc2Cl)cc1. The molecule has 2 aromatic carbocycles. The van der Waals surface area contributed by atoms with Gasteiger partial charge in [0.05, 0.1) is 10.6 Å². The summed E-state index contributed by atoms with van der Waals surface area (Å²) in [5.74, 6) is 0.239. The minimum Gasteiger partial charge on any atom is -0.398 e. The molecule has 0 saturated heterocycles. The second-order valence-corrected chi connectivity index (χ2v) is 5.69. The van der Waals surface area contributed by atoms with E-state index in [9.17, 15) is 4.79 Å². The molecular formula is C17H19ClN2O. The third-order valence-corrected chi connectivity index (χ3v) is 3.69. The second-order valence-electron chi connectivity index (χ2n) is 5.28. The maximum atomic E-state index is 12.2. The predicted molar refractivity (Wildman–Crippen MR) is 87.6 cm³/mol. The zero-order valence-corrected chi connectivity index (χ0v) is 12.9. The molecule has 4 heteroatoms. The quantitative estimate of drug-likeness (QED) is 0.839. The number of carbonyl (C=O) groups excluding carboxylic acids is 1. The highest BCUT2D eigenvalue weighted by molar-refractivity contribution is 6.34. The molecule has 1 amide bonds. The number of halogens is 1. The van der Waals surface area contributed by atoms with Gasteiger partial charge in [-0.1, -0.05) is 55.8 Å². The molecule has 0 fully saturated rings. The van der Waals surface area contributed by atoms with E-state index in [4.69, 9.17) is 17.3 Å². The van der Waals surface area contributed by atoms with Crippen LogP contribution in [0, 0.1) is 0 Å². The van der Waals surface area contributed by atoms with E-state index in [-0.39, 0.29) is 5.91 Å². The molecule has 21 heavy (non-hydrogen) atoms. The Morgan fingerprint density at radius 3 is 2.43 bits per heavy atom. The molecule has 2 rings (SSSR count). The third-order valence-electron chi connectivity index (χ3n) is 3.37. The van der Waals surface area contributed by atoms with Crippen molar-refractivity contribution in [2.75, 3.05) is 5.73 Å². The fourth-order valence-electron chi connectivity index (χ4n) is 2.07. The smallest absolute Gasteiger partial charge is 0.255 e. The Morgan fingerprint density at radius 1 is 1.19 bits per heavy atom. The molecule has 2 aromatic rings. The van der Waals surface area contributed by atoms with Crippen molar-refractivity contribution in [3.63, 3.8) is 0 Å². The van der Waals surface area contributed by atoms with E-state index in [2.05, 4.69) is 31.3 Å². The molecule has 0 aliphatic rings. The lowest BCUT2D eigenvalue weighted by Crippen LogP contribution is -2.24. The van der Waals surface area contributed by atoms with Gasteiger partial charge >= 0.3 is 0 Å². The lowest BCUT2D eigenvalue weighted by Gasteiger charge is -2.10. The Morgan fingerprint density at radius 2 is 1.86 bits per heavy atom. The molecular weight excluding hydrogens is 284 g/mol. The summed E-state index contributed by atoms with van der Waals surface area (Å²) in [4.78, 5) is 12.2. The standard InChI is InChI=1S/C17H19ClN2O/c1-11(2)13-8-6-12(7-9-13)10-20-17(21)16-14(18)4-3-5-15(16)19/h3-9,11H,10,19H2,1-2H3,(H,20,21). The summed E-state index contributed by atoms with van der Waals surface area (Å²) in [5, 5.41) is 3.21. The van der Waals surface area contributed by atoms with Gasteiger partial charge in [-0.2, -0.15) is 0 Å². The molecule has 0 spiro atoms. The van der Waals surface area contributed by atoms with Crippen molar-refractivity contribution in [1.29, 1.82) is 0 Å². The molecule has 0 aliphatic carbocycles. The molecule has 0 atom stereocenters. The van der Waals surface area contributed by atoms with Gasteiger partial charge in [0.2, 0.25) is 0 Å². The molecule has 0 unspecified atom stereocenters. The predicted octanol–water partition coefficient (Wildman–Crippen LogP) is 3.98. The lowest BCUT2D eigenvalue weighted by molar-refractivity contribution is 0.0952. The van der Waals surface area contributed by atoms with Crippen LogP contribution in [0.15, 0.2) is 42.5 Å². The van der Waals surface area contributed by atoms with E-state index in [0.717, 1.165) is 5.56 Å². The van der Waals surface area contributed by atoms with E-state index >= 15 is 0 Å². The number of rotatable bonds is 4. The monoisotopic (exact) mass is 302 g/mol. The summed E-state index contributed by atoms with van der Waals surface area (Å²) in [6.07, 6.45) is 0. The van der Waals surface area contributed by atoms with Crippen molar-refractivity contribution in [2.24, 2.45) is 0 Å². The molecule has 0 saturated carbocycles. The molecule has 3 N–H and O–H groups in total. The maximum absolute atomic E-state index is 12.2. The van der Waals surface area contributed by atoms with Crippen LogP contribution in [-0.2, 0) is 6.54 Å². The number of carbonyl (C=O) groups is 1. The lowest BCUT2D eigenvalue weighted by atomic mass is 10.0. The number of hydrogen-bond acceptors (Lipinski definition) is 2. The number of amides is 1. The van der Waals surface area contributed by atoms with Gasteiger partial charge < -0.3 is 11.1 Å². The summed E-state index contributed by atoms with van der Waals surface area (Å²) in [6.45, 7) is 4.75. The maximum Gasteiger partial charge on any atom is 0.255 e. The highest BCUT2D eigenvalue weighted by Crippen LogP contribution is 2.22. The third kappa shape index (κ3) is 3.76. The van der Waals surface area contributed by atoms with E-state index in [1.165, 1.54) is 5.56 Å². The van der Waals surface area contributed by atoms with Crippen LogP contribution in [0.1, 0.15) is 41.3 Å². The average molecular weight is 303 g/mol. The van der Waals surface area contributed by atoms with Crippen LogP contribution in [0.25, 0.3) is 0 Å². The van der Waals surface area contributed by atoms with Crippen molar-refractivity contribution in [3.8, 4) is 0 Å². The molecule has 0 bridgehead atoms. The molecule has 0 aliphatic heterocycles. The highest BCUT2D eigenvalue weighted by Gasteiger charge is 2.13. The van der Waals surface area contributed by atoms with E-state index in [1.807, 2.05) is 12.1 Å². The van der Waals surface area contributed by atoms with Gasteiger partial charge in [-0.25, -0.2) is 0 Å². The van der Waals surface area contributed by atoms with Crippen LogP contribution >= 0.6 is 11.6 Å². The first-order chi connectivity index (χ1) is 9.99. The summed E-state index contributed by atoms with van der Waals surface area (Å²) >= 11 is 6.02. The largest absolute Gasteiger partial charge is 0.398 e. The van der Waals surface area contributed by atoms with Crippen LogP contribution < -0.4 is 11.1 Å². The molecule has 0 heterocycles. The molecule has 0 radical (unpaired) electrons. The molecule has 110 valence electrons. The first-order valence-corrected chi connectivity index (χ1v) is 7.28. The van der Waals surface area contributed by atoms with Crippen LogP contribution in [0.3, 0.4) is 0 Å². The van der Waals surface area contributed by atoms with E-state index in [0.29, 0.717) is 28.7 Å². The van der Waals surface area contributed by atoms with Gasteiger partial charge in [-0.15, -0.1) is 0 Å². The first kappa shape index (κ1) is 15.4. The van der Waals surface area contributed by atoms with Crippen LogP contribution in [0.5, 0.6) is 0 Å². The zero-order valence-electron chi connectivity index (χ0n) is 12.2. The number of hydrogen-bond donors (Lipinski definition) is 2. The number of nitrogen functional groups attached to an aromatic ring is 1. The Hall–Kier alpha value is -2.00. The van der Waals surface area contributed by atoms with E-state index < -0.39 is 0 Å². The normalized spacial score (nSPS) is 10.7. The Labute approximate surface area is 130 Å². The Bertz CT molecular complexity index is 615. The highest BCUT2D eigenvalue weighted by atomic mass is 35.5. The van der Waals surface area contributed by atoms with Crippen molar-refractivity contribution in [2.45, 2.75) is 26.3 Å². The molecule has 3 nitrogen and oxygen atoms in total. The van der Waals surface area contributed by atoms with Gasteiger partial charge in [0.15, 0.2) is 0 Å². The Kier molecular flexibility index (Phi) is 4.86. The minimum atomic E-state index is -0.258. The number of benzene rings is 2. The second kappa shape index (κ2) is 6.64. The van der Waals surface area contributed by atoms with Gasteiger partial charge in [0.25, 0.3) is 5.91 Å². The van der Waals surface area contributed by atoms with Crippen molar-refractivity contribution in [3.05, 3.63) is 64.2 Å². The Balaban J connectivity index is 2.04. The number of anilines is 1. The average Bonchev–Trinajstić information content (AvgIpc) is 2.45. The van der Waals surface area contributed by atoms with Gasteiger partial charge in [0.1, 0.15) is 0 Å². The van der Waals surface area contributed by atoms with Crippen LogP contribution in [-0.4, -0.2) is 5.91 Å². The topological polar surface area (TPSA) is 55.1 Å². The van der Waals surface area contributed by atoms with Crippen molar-refractivity contribution < 1.29 is 4.79 Å². The van der Waals surface area contributed by atoms with Gasteiger partial charge in [-0.05, 0) is 29.2 Å². The van der Waals surface area contributed by atoms with Gasteiger partial charge in [0, 0.05) is 12.2 Å². The fourth-order valence-corrected chi connectivity index (χ4v) is 2.34. The van der Waals surface area contributed by atoms with Crippen LogP contribution in [0.4, 0.5) is 5.69 Å². The summed E-state index contributed by atoms with van der Waals surface area (Å²) in [5.41, 5.74) is 8.83. The van der Waals surface area contributed by atoms with Gasteiger partial charge in [-0.3, -0.25) is 4.79 Å². The van der Waals surface area contributed by atoms with Crippen molar-refractivity contribution >= 4 is 23.2 Å².